The van der Waals surface area contributed by atoms with E-state index in [-0.39, 0.29) is 25.0 Å². The van der Waals surface area contributed by atoms with Gasteiger partial charge >= 0.3 is 5.97 Å². The average Bonchev–Trinajstić information content (AvgIpc) is 2.69. The highest BCUT2D eigenvalue weighted by Gasteiger charge is 2.23. The van der Waals surface area contributed by atoms with Gasteiger partial charge in [0.1, 0.15) is 0 Å². The van der Waals surface area contributed by atoms with E-state index in [1.54, 1.807) is 0 Å². The summed E-state index contributed by atoms with van der Waals surface area (Å²) in [4.78, 5) is 22.2. The minimum Gasteiger partial charge on any atom is -0.480 e. The number of nitrogens with one attached hydrogen (secondary N) is 1. The molecule has 6 heteroatoms. The number of amides is 1. The zero-order valence-corrected chi connectivity index (χ0v) is 9.27. The van der Waals surface area contributed by atoms with Crippen LogP contribution in [0.2, 0.25) is 0 Å². The van der Waals surface area contributed by atoms with E-state index in [0.29, 0.717) is 6.61 Å². The number of hydrogen-bond acceptors (Lipinski definition) is 4. The van der Waals surface area contributed by atoms with Gasteiger partial charge in [-0.3, -0.25) is 4.79 Å². The van der Waals surface area contributed by atoms with Crippen molar-refractivity contribution in [2.75, 3.05) is 20.3 Å². The second-order valence-electron chi connectivity index (χ2n) is 3.75. The fraction of sp³-hybridized carbons (Fsp3) is 0.800. The molecule has 0 aromatic carbocycles. The Hall–Kier alpha value is -1.14. The number of aliphatic carboxylic acids is 1. The second-order valence-corrected chi connectivity index (χ2v) is 3.75. The molecule has 0 aromatic heterocycles. The van der Waals surface area contributed by atoms with E-state index in [1.807, 2.05) is 0 Å². The van der Waals surface area contributed by atoms with Crippen LogP contribution in [0, 0.1) is 0 Å². The number of methoxy groups -OCH3 is 1. The Bertz CT molecular complexity index is 250. The van der Waals surface area contributed by atoms with Gasteiger partial charge in [-0.25, -0.2) is 4.79 Å². The van der Waals surface area contributed by atoms with Gasteiger partial charge in [0.15, 0.2) is 6.04 Å². The summed E-state index contributed by atoms with van der Waals surface area (Å²) in [6.45, 7) is 0.644. The van der Waals surface area contributed by atoms with Crippen LogP contribution in [0.4, 0.5) is 0 Å². The molecule has 0 bridgehead atoms. The molecule has 2 atom stereocenters. The van der Waals surface area contributed by atoms with Crippen LogP contribution in [0.15, 0.2) is 0 Å². The summed E-state index contributed by atoms with van der Waals surface area (Å²) in [7, 11) is 1.39. The highest BCUT2D eigenvalue weighted by Crippen LogP contribution is 2.14. The lowest BCUT2D eigenvalue weighted by atomic mass is 10.1. The van der Waals surface area contributed by atoms with Crippen molar-refractivity contribution in [2.24, 2.45) is 0 Å². The van der Waals surface area contributed by atoms with Gasteiger partial charge in [0.25, 0.3) is 0 Å². The number of hydrogen-bond donors (Lipinski definition) is 2. The molecule has 1 aliphatic heterocycles. The molecule has 2 N–H and O–H groups in total. The van der Waals surface area contributed by atoms with Crippen molar-refractivity contribution in [1.82, 2.24) is 5.32 Å². The first kappa shape index (κ1) is 12.9. The van der Waals surface area contributed by atoms with E-state index in [1.165, 1.54) is 7.11 Å². The molecule has 0 spiro atoms. The first-order valence-corrected chi connectivity index (χ1v) is 5.26. The van der Waals surface area contributed by atoms with E-state index < -0.39 is 12.0 Å². The number of ether oxygens (including phenoxy) is 2. The molecule has 1 aliphatic rings. The maximum absolute atomic E-state index is 11.5. The quantitative estimate of drug-likeness (QED) is 0.659. The molecule has 1 saturated heterocycles. The highest BCUT2D eigenvalue weighted by atomic mass is 16.5. The smallest absolute Gasteiger partial charge is 0.328 e. The van der Waals surface area contributed by atoms with Gasteiger partial charge in [0, 0.05) is 13.7 Å². The van der Waals surface area contributed by atoms with E-state index in [9.17, 15) is 9.59 Å². The predicted octanol–water partition coefficient (Wildman–Crippen LogP) is -0.229. The largest absolute Gasteiger partial charge is 0.480 e. The van der Waals surface area contributed by atoms with Gasteiger partial charge < -0.3 is 19.9 Å². The second kappa shape index (κ2) is 6.44. The molecule has 0 radical (unpaired) electrons. The molecule has 1 fully saturated rings. The zero-order valence-electron chi connectivity index (χ0n) is 9.27. The van der Waals surface area contributed by atoms with Crippen LogP contribution >= 0.6 is 0 Å². The van der Waals surface area contributed by atoms with Crippen LogP contribution in [-0.4, -0.2) is 49.5 Å². The van der Waals surface area contributed by atoms with Crippen LogP contribution in [0.5, 0.6) is 0 Å². The lowest BCUT2D eigenvalue weighted by Crippen LogP contribution is -2.44. The summed E-state index contributed by atoms with van der Waals surface area (Å²) in [6.07, 6.45) is 1.96. The molecular formula is C10H17NO5. The van der Waals surface area contributed by atoms with Crippen LogP contribution in [-0.2, 0) is 19.1 Å². The molecule has 1 heterocycles. The number of carbonyl (C=O) groups is 2. The molecule has 1 amide bonds. The third kappa shape index (κ3) is 4.16. The van der Waals surface area contributed by atoms with Crippen LogP contribution in [0.25, 0.3) is 0 Å². The third-order valence-electron chi connectivity index (χ3n) is 2.40. The Morgan fingerprint density at radius 1 is 1.62 bits per heavy atom. The Kier molecular flexibility index (Phi) is 5.21. The molecule has 2 unspecified atom stereocenters. The minimum atomic E-state index is -1.09. The zero-order chi connectivity index (χ0) is 12.0. The van der Waals surface area contributed by atoms with Crippen molar-refractivity contribution in [3.8, 4) is 0 Å². The van der Waals surface area contributed by atoms with Crippen LogP contribution in [0.3, 0.4) is 0 Å². The molecular weight excluding hydrogens is 214 g/mol. The maximum atomic E-state index is 11.5. The summed E-state index contributed by atoms with van der Waals surface area (Å²) in [5.41, 5.74) is 0. The topological polar surface area (TPSA) is 84.9 Å². The Morgan fingerprint density at radius 3 is 2.88 bits per heavy atom. The van der Waals surface area contributed by atoms with E-state index >= 15 is 0 Å². The average molecular weight is 231 g/mol. The monoisotopic (exact) mass is 231 g/mol. The van der Waals surface area contributed by atoms with Crippen molar-refractivity contribution < 1.29 is 24.2 Å². The fourth-order valence-corrected chi connectivity index (χ4v) is 1.61. The molecule has 0 aliphatic carbocycles. The first-order valence-electron chi connectivity index (χ1n) is 5.26. The number of carboxylic acid groups (broad SMARTS) is 1. The van der Waals surface area contributed by atoms with Gasteiger partial charge in [-0.15, -0.1) is 0 Å². The maximum Gasteiger partial charge on any atom is 0.328 e. The standard InChI is InChI=1S/C10H17NO5/c1-15-6-8(10(13)14)11-9(12)5-7-3-2-4-16-7/h7-8H,2-6H2,1H3,(H,11,12)(H,13,14). The van der Waals surface area contributed by atoms with Gasteiger partial charge in [-0.2, -0.15) is 0 Å². The van der Waals surface area contributed by atoms with E-state index in [2.05, 4.69) is 5.32 Å². The van der Waals surface area contributed by atoms with Crippen LogP contribution in [0.1, 0.15) is 19.3 Å². The van der Waals surface area contributed by atoms with Crippen molar-refractivity contribution in [1.29, 1.82) is 0 Å². The normalized spacial score (nSPS) is 21.7. The van der Waals surface area contributed by atoms with E-state index in [4.69, 9.17) is 14.6 Å². The lowest BCUT2D eigenvalue weighted by molar-refractivity contribution is -0.143. The van der Waals surface area contributed by atoms with E-state index in [0.717, 1.165) is 12.8 Å². The Labute approximate surface area is 93.9 Å². The Balaban J connectivity index is 2.32. The van der Waals surface area contributed by atoms with Gasteiger partial charge in [0.2, 0.25) is 5.91 Å². The van der Waals surface area contributed by atoms with Crippen molar-refractivity contribution in [3.63, 3.8) is 0 Å². The minimum absolute atomic E-state index is 0.0351. The summed E-state index contributed by atoms with van der Waals surface area (Å²) < 4.78 is 10.00. The molecule has 6 nitrogen and oxygen atoms in total. The summed E-state index contributed by atoms with van der Waals surface area (Å²) >= 11 is 0. The molecule has 1 rings (SSSR count). The van der Waals surface area contributed by atoms with Crippen molar-refractivity contribution >= 4 is 11.9 Å². The lowest BCUT2D eigenvalue weighted by Gasteiger charge is -2.15. The molecule has 16 heavy (non-hydrogen) atoms. The number of carbonyl (C=O) groups excluding carboxylic acids is 1. The predicted molar refractivity (Wildman–Crippen MR) is 55.0 cm³/mol. The van der Waals surface area contributed by atoms with Gasteiger partial charge in [-0.05, 0) is 12.8 Å². The third-order valence-corrected chi connectivity index (χ3v) is 2.40. The first-order chi connectivity index (χ1) is 7.63. The van der Waals surface area contributed by atoms with Crippen molar-refractivity contribution in [2.45, 2.75) is 31.4 Å². The van der Waals surface area contributed by atoms with Gasteiger partial charge in [-0.1, -0.05) is 0 Å². The van der Waals surface area contributed by atoms with Crippen molar-refractivity contribution in [3.05, 3.63) is 0 Å². The number of rotatable bonds is 6. The highest BCUT2D eigenvalue weighted by molar-refractivity contribution is 5.83. The molecule has 92 valence electrons. The summed E-state index contributed by atoms with van der Waals surface area (Å²) in [5.74, 6) is -1.40. The molecule has 0 saturated carbocycles. The van der Waals surface area contributed by atoms with Crippen LogP contribution < -0.4 is 5.32 Å². The summed E-state index contributed by atoms with van der Waals surface area (Å²) in [5, 5.41) is 11.2. The molecule has 0 aromatic rings. The summed E-state index contributed by atoms with van der Waals surface area (Å²) in [6, 6.07) is -0.987. The fourth-order valence-electron chi connectivity index (χ4n) is 1.61. The van der Waals surface area contributed by atoms with Gasteiger partial charge in [0.05, 0.1) is 19.1 Å². The number of carboxylic acids is 1. The SMILES string of the molecule is COCC(NC(=O)CC1CCCO1)C(=O)O. The Morgan fingerprint density at radius 2 is 2.38 bits per heavy atom.